The van der Waals surface area contributed by atoms with Gasteiger partial charge in [-0.15, -0.1) is 27.6 Å². The van der Waals surface area contributed by atoms with Crippen molar-refractivity contribution in [1.82, 2.24) is 4.90 Å². The van der Waals surface area contributed by atoms with Gasteiger partial charge in [0.1, 0.15) is 6.34 Å². The topological polar surface area (TPSA) is 49.7 Å². The number of benzene rings is 1. The second-order valence-electron chi connectivity index (χ2n) is 3.56. The van der Waals surface area contributed by atoms with Crippen LogP contribution in [0.1, 0.15) is 0 Å². The molecule has 1 aromatic carbocycles. The van der Waals surface area contributed by atoms with Crippen LogP contribution in [-0.2, 0) is 10.0 Å². The third-order valence-corrected chi connectivity index (χ3v) is 4.31. The molecular formula is C11H13BrCl2N2O2S. The van der Waals surface area contributed by atoms with Crippen molar-refractivity contribution >= 4 is 55.5 Å². The Morgan fingerprint density at radius 3 is 2.16 bits per heavy atom. The van der Waals surface area contributed by atoms with Gasteiger partial charge >= 0.3 is 0 Å². The Kier molecular flexibility index (Phi) is 7.13. The third kappa shape index (κ3) is 5.69. The summed E-state index contributed by atoms with van der Waals surface area (Å²) in [5, 5.41) is 0. The van der Waals surface area contributed by atoms with Crippen LogP contribution in [0.15, 0.2) is 38.0 Å². The molecule has 0 heterocycles. The van der Waals surface area contributed by atoms with Crippen LogP contribution in [0, 0.1) is 0 Å². The maximum atomic E-state index is 12.0. The largest absolute Gasteiger partial charge is 0.360 e. The molecule has 0 N–H and O–H groups in total. The minimum Gasteiger partial charge on any atom is -0.360 e. The Hall–Kier alpha value is -0.300. The molecule has 0 unspecified atom stereocenters. The molecular weight excluding hydrogens is 375 g/mol. The van der Waals surface area contributed by atoms with Crippen LogP contribution in [0.25, 0.3) is 0 Å². The van der Waals surface area contributed by atoms with E-state index in [-0.39, 0.29) is 4.90 Å². The van der Waals surface area contributed by atoms with Crippen LogP contribution in [0.4, 0.5) is 0 Å². The highest BCUT2D eigenvalue weighted by atomic mass is 79.9. The Balaban J connectivity index is 2.85. The summed E-state index contributed by atoms with van der Waals surface area (Å²) in [6, 6.07) is 6.28. The lowest BCUT2D eigenvalue weighted by atomic mass is 10.4. The van der Waals surface area contributed by atoms with Gasteiger partial charge in [0.05, 0.1) is 4.90 Å². The first-order chi connectivity index (χ1) is 8.99. The molecule has 0 aliphatic rings. The highest BCUT2D eigenvalue weighted by molar-refractivity contribution is 9.10. The van der Waals surface area contributed by atoms with Crippen molar-refractivity contribution in [3.8, 4) is 0 Å². The number of halogens is 3. The van der Waals surface area contributed by atoms with Crippen LogP contribution >= 0.6 is 39.1 Å². The molecule has 0 spiro atoms. The molecule has 0 atom stereocenters. The molecule has 4 nitrogen and oxygen atoms in total. The maximum absolute atomic E-state index is 12.0. The molecule has 0 aromatic heterocycles. The number of alkyl halides is 2. The lowest BCUT2D eigenvalue weighted by Crippen LogP contribution is -2.26. The van der Waals surface area contributed by atoms with Crippen molar-refractivity contribution in [1.29, 1.82) is 0 Å². The molecule has 8 heteroatoms. The molecule has 0 bridgehead atoms. The number of rotatable bonds is 7. The molecule has 19 heavy (non-hydrogen) atoms. The summed E-state index contributed by atoms with van der Waals surface area (Å²) >= 11 is 14.5. The Morgan fingerprint density at radius 2 is 1.68 bits per heavy atom. The Labute approximate surface area is 131 Å². The van der Waals surface area contributed by atoms with Gasteiger partial charge in [0.15, 0.2) is 0 Å². The second-order valence-corrected chi connectivity index (χ2v) is 6.87. The van der Waals surface area contributed by atoms with E-state index in [2.05, 4.69) is 20.3 Å². The number of nitrogens with zero attached hydrogens (tertiary/aromatic N) is 2. The third-order valence-electron chi connectivity index (χ3n) is 2.20. The first-order valence-corrected chi connectivity index (χ1v) is 8.72. The zero-order valence-corrected chi connectivity index (χ0v) is 13.9. The summed E-state index contributed by atoms with van der Waals surface area (Å²) in [6.07, 6.45) is 1.27. The van der Waals surface area contributed by atoms with Crippen molar-refractivity contribution in [2.75, 3.05) is 24.8 Å². The van der Waals surface area contributed by atoms with Gasteiger partial charge in [0, 0.05) is 29.3 Å². The molecule has 0 radical (unpaired) electrons. The molecule has 1 rings (SSSR count). The summed E-state index contributed by atoms with van der Waals surface area (Å²) in [5.74, 6) is 0.752. The van der Waals surface area contributed by atoms with E-state index >= 15 is 0 Å². The normalized spacial score (nSPS) is 11.9. The van der Waals surface area contributed by atoms with E-state index in [0.717, 1.165) is 4.47 Å². The van der Waals surface area contributed by atoms with Gasteiger partial charge in [-0.25, -0.2) is 0 Å². The smallest absolute Gasteiger partial charge is 0.283 e. The quantitative estimate of drug-likeness (QED) is 0.410. The fourth-order valence-electron chi connectivity index (χ4n) is 1.24. The van der Waals surface area contributed by atoms with E-state index in [0.29, 0.717) is 24.8 Å². The van der Waals surface area contributed by atoms with Gasteiger partial charge in [-0.05, 0) is 24.3 Å². The van der Waals surface area contributed by atoms with E-state index < -0.39 is 10.0 Å². The standard InChI is InChI=1S/C11H13BrCl2N2O2S/c12-10-1-3-11(4-2-10)19(17,18)15-9-16(7-5-13)8-6-14/h1-4,9H,5-8H2/b15-9+. The first-order valence-electron chi connectivity index (χ1n) is 5.41. The zero-order valence-electron chi connectivity index (χ0n) is 9.97. The highest BCUT2D eigenvalue weighted by Gasteiger charge is 2.11. The van der Waals surface area contributed by atoms with Gasteiger partial charge < -0.3 is 4.90 Å². The van der Waals surface area contributed by atoms with E-state index in [1.54, 1.807) is 17.0 Å². The molecule has 0 aliphatic heterocycles. The highest BCUT2D eigenvalue weighted by Crippen LogP contribution is 2.16. The van der Waals surface area contributed by atoms with E-state index in [9.17, 15) is 8.42 Å². The molecule has 1 aromatic rings. The van der Waals surface area contributed by atoms with Crippen LogP contribution in [0.2, 0.25) is 0 Å². The fraction of sp³-hybridized carbons (Fsp3) is 0.364. The summed E-state index contributed by atoms with van der Waals surface area (Å²) in [6.45, 7) is 0.987. The first kappa shape index (κ1) is 16.8. The van der Waals surface area contributed by atoms with Crippen molar-refractivity contribution in [3.63, 3.8) is 0 Å². The van der Waals surface area contributed by atoms with Gasteiger partial charge in [-0.2, -0.15) is 8.42 Å². The molecule has 0 amide bonds. The van der Waals surface area contributed by atoms with Crippen molar-refractivity contribution in [3.05, 3.63) is 28.7 Å². The lowest BCUT2D eigenvalue weighted by Gasteiger charge is -2.15. The number of hydrogen-bond donors (Lipinski definition) is 0. The van der Waals surface area contributed by atoms with E-state index in [1.165, 1.54) is 18.5 Å². The van der Waals surface area contributed by atoms with Crippen LogP contribution in [-0.4, -0.2) is 44.5 Å². The molecule has 0 aliphatic carbocycles. The minimum absolute atomic E-state index is 0.142. The Bertz CT molecular complexity index is 514. The second kappa shape index (κ2) is 8.09. The van der Waals surface area contributed by atoms with Gasteiger partial charge in [0.25, 0.3) is 10.0 Å². The summed E-state index contributed by atoms with van der Waals surface area (Å²) in [4.78, 5) is 1.81. The van der Waals surface area contributed by atoms with Crippen LogP contribution in [0.5, 0.6) is 0 Å². The van der Waals surface area contributed by atoms with Crippen molar-refractivity contribution < 1.29 is 8.42 Å². The monoisotopic (exact) mass is 386 g/mol. The number of hydrogen-bond acceptors (Lipinski definition) is 2. The fourth-order valence-corrected chi connectivity index (χ4v) is 2.80. The van der Waals surface area contributed by atoms with Gasteiger partial charge in [-0.1, -0.05) is 15.9 Å². The summed E-state index contributed by atoms with van der Waals surface area (Å²) < 4.78 is 28.3. The molecule has 0 saturated carbocycles. The molecule has 0 saturated heterocycles. The predicted molar refractivity (Wildman–Crippen MR) is 82.8 cm³/mol. The van der Waals surface area contributed by atoms with E-state index in [4.69, 9.17) is 23.2 Å². The molecule has 0 fully saturated rings. The predicted octanol–water partition coefficient (Wildman–Crippen LogP) is 2.95. The van der Waals surface area contributed by atoms with Crippen molar-refractivity contribution in [2.24, 2.45) is 4.40 Å². The van der Waals surface area contributed by atoms with Crippen molar-refractivity contribution in [2.45, 2.75) is 4.90 Å². The van der Waals surface area contributed by atoms with E-state index in [1.807, 2.05) is 0 Å². The zero-order chi connectivity index (χ0) is 14.3. The molecule has 106 valence electrons. The SMILES string of the molecule is O=S(=O)(/N=C/N(CCCl)CCCl)c1ccc(Br)cc1. The maximum Gasteiger partial charge on any atom is 0.283 e. The van der Waals surface area contributed by atoms with Crippen LogP contribution in [0.3, 0.4) is 0 Å². The van der Waals surface area contributed by atoms with Gasteiger partial charge in [-0.3, -0.25) is 0 Å². The van der Waals surface area contributed by atoms with Crippen LogP contribution < -0.4 is 0 Å². The Morgan fingerprint density at radius 1 is 1.16 bits per heavy atom. The number of sulfonamides is 1. The summed E-state index contributed by atoms with van der Waals surface area (Å²) in [5.41, 5.74) is 0. The average Bonchev–Trinajstić information content (AvgIpc) is 2.37. The summed E-state index contributed by atoms with van der Waals surface area (Å²) in [7, 11) is -3.69. The average molecular weight is 388 g/mol. The lowest BCUT2D eigenvalue weighted by molar-refractivity contribution is 0.485. The van der Waals surface area contributed by atoms with Gasteiger partial charge in [0.2, 0.25) is 0 Å². The minimum atomic E-state index is -3.69.